The summed E-state index contributed by atoms with van der Waals surface area (Å²) in [6.45, 7) is 8.26. The molecule has 0 aliphatic heterocycles. The molecule has 0 aromatic heterocycles. The highest BCUT2D eigenvalue weighted by Crippen LogP contribution is 2.37. The van der Waals surface area contributed by atoms with Crippen LogP contribution in [0.1, 0.15) is 33.1 Å². The van der Waals surface area contributed by atoms with Crippen LogP contribution in [0.3, 0.4) is 0 Å². The third-order valence-electron chi connectivity index (χ3n) is 2.53. The van der Waals surface area contributed by atoms with Crippen LogP contribution in [0.25, 0.3) is 0 Å². The lowest BCUT2D eigenvalue weighted by Crippen LogP contribution is -2.18. The van der Waals surface area contributed by atoms with Gasteiger partial charge in [0.25, 0.3) is 0 Å². The molecule has 0 spiro atoms. The van der Waals surface area contributed by atoms with Gasteiger partial charge in [0.2, 0.25) is 0 Å². The van der Waals surface area contributed by atoms with Crippen LogP contribution in [0.5, 0.6) is 0 Å². The molecule has 11 heavy (non-hydrogen) atoms. The van der Waals surface area contributed by atoms with Gasteiger partial charge in [-0.25, -0.2) is 0 Å². The van der Waals surface area contributed by atoms with Crippen molar-refractivity contribution in [2.24, 2.45) is 5.41 Å². The first-order valence-electron chi connectivity index (χ1n) is 4.29. The Morgan fingerprint density at radius 2 is 2.36 bits per heavy atom. The predicted octanol–water partition coefficient (Wildman–Crippen LogP) is 3.51. The molecule has 0 fully saturated rings. The summed E-state index contributed by atoms with van der Waals surface area (Å²) in [6, 6.07) is 0. The van der Waals surface area contributed by atoms with E-state index in [1.807, 2.05) is 6.08 Å². The van der Waals surface area contributed by atoms with Crippen molar-refractivity contribution in [3.05, 3.63) is 30.7 Å². The summed E-state index contributed by atoms with van der Waals surface area (Å²) in [5.41, 5.74) is 1.93. The zero-order valence-electron chi connectivity index (χ0n) is 7.56. The fourth-order valence-electron chi connectivity index (χ4n) is 1.53. The first-order valence-corrected chi connectivity index (χ1v) is 4.29. The molecule has 0 heteroatoms. The molecule has 0 saturated heterocycles. The van der Waals surface area contributed by atoms with E-state index in [9.17, 15) is 0 Å². The highest BCUT2D eigenvalue weighted by Gasteiger charge is 2.24. The van der Waals surface area contributed by atoms with E-state index >= 15 is 0 Å². The molecule has 0 aromatic carbocycles. The van der Waals surface area contributed by atoms with Crippen molar-refractivity contribution in [1.29, 1.82) is 0 Å². The van der Waals surface area contributed by atoms with Gasteiger partial charge in [0, 0.05) is 0 Å². The van der Waals surface area contributed by atoms with Gasteiger partial charge in [-0.3, -0.25) is 0 Å². The molecule has 1 unspecified atom stereocenters. The van der Waals surface area contributed by atoms with Crippen LogP contribution in [-0.2, 0) is 0 Å². The highest BCUT2D eigenvalue weighted by molar-refractivity contribution is 5.12. The molecule has 0 N–H and O–H groups in total. The molecule has 0 heterocycles. The summed E-state index contributed by atoms with van der Waals surface area (Å²) in [4.78, 5) is 0. The molecule has 0 bridgehead atoms. The summed E-state index contributed by atoms with van der Waals surface area (Å²) in [5.74, 6) is 0. The standard InChI is InChI=1S/C11H17/c1-4-7-11(3)8-5-10(2)6-9-11/h4-5,7H,1,6,8-9H2,2-3H3. The third-order valence-corrected chi connectivity index (χ3v) is 2.53. The SMILES string of the molecule is C=C[CH]C1(C)CC=C(C)CC1. The molecule has 0 nitrogen and oxygen atoms in total. The summed E-state index contributed by atoms with van der Waals surface area (Å²) >= 11 is 0. The Kier molecular flexibility index (Phi) is 2.53. The average Bonchev–Trinajstić information content (AvgIpc) is 1.97. The number of hydrogen-bond acceptors (Lipinski definition) is 0. The lowest BCUT2D eigenvalue weighted by atomic mass is 9.74. The van der Waals surface area contributed by atoms with Crippen molar-refractivity contribution in [2.45, 2.75) is 33.1 Å². The number of rotatable bonds is 2. The van der Waals surface area contributed by atoms with E-state index < -0.39 is 0 Å². The molecule has 1 atom stereocenters. The zero-order chi connectivity index (χ0) is 8.32. The van der Waals surface area contributed by atoms with E-state index in [0.717, 1.165) is 0 Å². The van der Waals surface area contributed by atoms with Crippen LogP contribution in [0.4, 0.5) is 0 Å². The topological polar surface area (TPSA) is 0 Å². The van der Waals surface area contributed by atoms with Gasteiger partial charge in [-0.2, -0.15) is 0 Å². The fourth-order valence-corrected chi connectivity index (χ4v) is 1.53. The molecule has 0 amide bonds. The van der Waals surface area contributed by atoms with Crippen molar-refractivity contribution in [3.8, 4) is 0 Å². The molecule has 1 aliphatic carbocycles. The second kappa shape index (κ2) is 3.25. The summed E-state index contributed by atoms with van der Waals surface area (Å²) in [5, 5.41) is 0. The molecule has 0 aromatic rings. The normalized spacial score (nSPS) is 31.3. The first kappa shape index (κ1) is 8.58. The van der Waals surface area contributed by atoms with Crippen molar-refractivity contribution >= 4 is 0 Å². The quantitative estimate of drug-likeness (QED) is 0.527. The fraction of sp³-hybridized carbons (Fsp3) is 0.545. The van der Waals surface area contributed by atoms with Crippen LogP contribution in [-0.4, -0.2) is 0 Å². The van der Waals surface area contributed by atoms with Crippen LogP contribution in [0.15, 0.2) is 24.3 Å². The van der Waals surface area contributed by atoms with Gasteiger partial charge < -0.3 is 0 Å². The van der Waals surface area contributed by atoms with Crippen LogP contribution in [0.2, 0.25) is 0 Å². The maximum absolute atomic E-state index is 3.74. The molecular weight excluding hydrogens is 132 g/mol. The highest BCUT2D eigenvalue weighted by atomic mass is 14.3. The first-order chi connectivity index (χ1) is 5.16. The summed E-state index contributed by atoms with van der Waals surface area (Å²) < 4.78 is 0. The smallest absolute Gasteiger partial charge is 0.0111 e. The summed E-state index contributed by atoms with van der Waals surface area (Å²) in [7, 11) is 0. The Labute approximate surface area is 70.0 Å². The lowest BCUT2D eigenvalue weighted by Gasteiger charge is -2.30. The van der Waals surface area contributed by atoms with Crippen molar-refractivity contribution < 1.29 is 0 Å². The molecule has 0 saturated carbocycles. The second-order valence-corrected chi connectivity index (χ2v) is 3.81. The average molecular weight is 149 g/mol. The minimum absolute atomic E-state index is 0.390. The van der Waals surface area contributed by atoms with Gasteiger partial charge in [-0.05, 0) is 38.0 Å². The van der Waals surface area contributed by atoms with Crippen molar-refractivity contribution in [1.82, 2.24) is 0 Å². The minimum Gasteiger partial charge on any atom is -0.103 e. The van der Waals surface area contributed by atoms with E-state index in [4.69, 9.17) is 0 Å². The maximum atomic E-state index is 3.74. The Morgan fingerprint density at radius 3 is 2.82 bits per heavy atom. The van der Waals surface area contributed by atoms with Gasteiger partial charge in [-0.15, -0.1) is 6.58 Å². The number of allylic oxidation sites excluding steroid dienone is 3. The molecule has 1 aliphatic rings. The van der Waals surface area contributed by atoms with Gasteiger partial charge in [0.05, 0.1) is 0 Å². The van der Waals surface area contributed by atoms with Gasteiger partial charge >= 0.3 is 0 Å². The van der Waals surface area contributed by atoms with Crippen molar-refractivity contribution in [3.63, 3.8) is 0 Å². The molecule has 61 valence electrons. The lowest BCUT2D eigenvalue weighted by molar-refractivity contribution is 0.355. The molecule has 1 rings (SSSR count). The van der Waals surface area contributed by atoms with E-state index in [-0.39, 0.29) is 0 Å². The third kappa shape index (κ3) is 2.21. The maximum Gasteiger partial charge on any atom is -0.0111 e. The number of hydrogen-bond donors (Lipinski definition) is 0. The minimum atomic E-state index is 0.390. The van der Waals surface area contributed by atoms with E-state index in [1.54, 1.807) is 5.57 Å². The second-order valence-electron chi connectivity index (χ2n) is 3.81. The zero-order valence-corrected chi connectivity index (χ0v) is 7.56. The van der Waals surface area contributed by atoms with Gasteiger partial charge in [0.1, 0.15) is 0 Å². The Bertz CT molecular complexity index is 176. The Morgan fingerprint density at radius 1 is 1.64 bits per heavy atom. The van der Waals surface area contributed by atoms with Crippen LogP contribution in [0, 0.1) is 11.8 Å². The van der Waals surface area contributed by atoms with E-state index in [0.29, 0.717) is 5.41 Å². The van der Waals surface area contributed by atoms with E-state index in [2.05, 4.69) is 32.9 Å². The molecule has 1 radical (unpaired) electrons. The van der Waals surface area contributed by atoms with Crippen molar-refractivity contribution in [2.75, 3.05) is 0 Å². The Balaban J connectivity index is 2.56. The van der Waals surface area contributed by atoms with Gasteiger partial charge in [0.15, 0.2) is 0 Å². The Hall–Kier alpha value is -0.520. The van der Waals surface area contributed by atoms with Crippen LogP contribution < -0.4 is 0 Å². The summed E-state index contributed by atoms with van der Waals surface area (Å²) in [6.07, 6.45) is 10.2. The largest absolute Gasteiger partial charge is 0.103 e. The van der Waals surface area contributed by atoms with Crippen LogP contribution >= 0.6 is 0 Å². The monoisotopic (exact) mass is 149 g/mol. The van der Waals surface area contributed by atoms with Gasteiger partial charge in [-0.1, -0.05) is 24.6 Å². The molecular formula is C11H17. The van der Waals surface area contributed by atoms with E-state index in [1.165, 1.54) is 19.3 Å². The predicted molar refractivity (Wildman–Crippen MR) is 50.2 cm³/mol.